The van der Waals surface area contributed by atoms with Crippen molar-refractivity contribution in [2.75, 3.05) is 0 Å². The highest BCUT2D eigenvalue weighted by Gasteiger charge is 2.11. The Bertz CT molecular complexity index is 567. The van der Waals surface area contributed by atoms with Crippen LogP contribution in [0.5, 0.6) is 0 Å². The minimum atomic E-state index is -1.09. The Balaban J connectivity index is 2.46. The van der Waals surface area contributed by atoms with Gasteiger partial charge in [-0.25, -0.2) is 9.48 Å². The van der Waals surface area contributed by atoms with Crippen molar-refractivity contribution in [3.8, 4) is 5.69 Å². The minimum Gasteiger partial charge on any atom is -0.478 e. The second kappa shape index (κ2) is 4.52. The van der Waals surface area contributed by atoms with E-state index in [0.717, 1.165) is 0 Å². The molecule has 0 saturated carbocycles. The van der Waals surface area contributed by atoms with E-state index in [-0.39, 0.29) is 17.1 Å². The normalized spacial score (nSPS) is 10.5. The predicted octanol–water partition coefficient (Wildman–Crippen LogP) is 1.08. The molecule has 17 heavy (non-hydrogen) atoms. The molecule has 1 aromatic heterocycles. The summed E-state index contributed by atoms with van der Waals surface area (Å²) in [6.07, 6.45) is 1.63. The highest BCUT2D eigenvalue weighted by Crippen LogP contribution is 2.19. The Morgan fingerprint density at radius 1 is 1.53 bits per heavy atom. The van der Waals surface area contributed by atoms with Crippen LogP contribution in [-0.4, -0.2) is 26.1 Å². The largest absolute Gasteiger partial charge is 0.478 e. The lowest BCUT2D eigenvalue weighted by atomic mass is 10.2. The fraction of sp³-hybridized carbons (Fsp3) is 0.100. The van der Waals surface area contributed by atoms with E-state index in [9.17, 15) is 4.79 Å². The molecule has 0 aliphatic carbocycles. The van der Waals surface area contributed by atoms with Gasteiger partial charge in [-0.1, -0.05) is 16.8 Å². The first-order chi connectivity index (χ1) is 8.11. The molecule has 1 aromatic carbocycles. The maximum Gasteiger partial charge on any atom is 0.337 e. The van der Waals surface area contributed by atoms with E-state index in [1.165, 1.54) is 16.8 Å². The van der Waals surface area contributed by atoms with Crippen LogP contribution in [0.4, 0.5) is 0 Å². The van der Waals surface area contributed by atoms with Crippen LogP contribution in [0.1, 0.15) is 16.1 Å². The number of benzene rings is 1. The van der Waals surface area contributed by atoms with E-state index in [4.69, 9.17) is 22.4 Å². The zero-order chi connectivity index (χ0) is 12.4. The number of hydrogen-bond acceptors (Lipinski definition) is 4. The zero-order valence-electron chi connectivity index (χ0n) is 8.67. The summed E-state index contributed by atoms with van der Waals surface area (Å²) in [5.74, 6) is -1.09. The lowest BCUT2D eigenvalue weighted by Gasteiger charge is -2.03. The van der Waals surface area contributed by atoms with E-state index in [2.05, 4.69) is 10.3 Å². The molecule has 0 atom stereocenters. The maximum atomic E-state index is 10.9. The van der Waals surface area contributed by atoms with Crippen molar-refractivity contribution in [1.29, 1.82) is 0 Å². The number of nitrogens with zero attached hydrogens (tertiary/aromatic N) is 3. The van der Waals surface area contributed by atoms with Crippen molar-refractivity contribution in [3.63, 3.8) is 0 Å². The number of hydrogen-bond donors (Lipinski definition) is 2. The van der Waals surface area contributed by atoms with Crippen LogP contribution in [0.25, 0.3) is 5.69 Å². The van der Waals surface area contributed by atoms with Gasteiger partial charge in [-0.05, 0) is 18.2 Å². The molecule has 2 rings (SSSR count). The van der Waals surface area contributed by atoms with Gasteiger partial charge in [0.25, 0.3) is 0 Å². The number of halogens is 1. The molecule has 0 bridgehead atoms. The Labute approximate surface area is 102 Å². The molecule has 0 spiro atoms. The summed E-state index contributed by atoms with van der Waals surface area (Å²) in [5.41, 5.74) is 6.63. The van der Waals surface area contributed by atoms with Gasteiger partial charge < -0.3 is 10.8 Å². The molecule has 1 heterocycles. The van der Waals surface area contributed by atoms with E-state index in [0.29, 0.717) is 11.4 Å². The van der Waals surface area contributed by atoms with Crippen molar-refractivity contribution in [3.05, 3.63) is 40.7 Å². The molecule has 0 saturated heterocycles. The van der Waals surface area contributed by atoms with Crippen molar-refractivity contribution in [2.45, 2.75) is 6.54 Å². The average Bonchev–Trinajstić information content (AvgIpc) is 2.78. The van der Waals surface area contributed by atoms with Crippen LogP contribution < -0.4 is 5.73 Å². The summed E-state index contributed by atoms with van der Waals surface area (Å²) in [4.78, 5) is 10.9. The van der Waals surface area contributed by atoms with E-state index < -0.39 is 5.97 Å². The van der Waals surface area contributed by atoms with Gasteiger partial charge in [0.05, 0.1) is 28.2 Å². The summed E-state index contributed by atoms with van der Waals surface area (Å²) in [6.45, 7) is 0.277. The number of carbonyl (C=O) groups is 1. The monoisotopic (exact) mass is 252 g/mol. The van der Waals surface area contributed by atoms with Crippen LogP contribution in [0, 0.1) is 0 Å². The first-order valence-electron chi connectivity index (χ1n) is 4.76. The third kappa shape index (κ3) is 2.27. The van der Waals surface area contributed by atoms with Crippen molar-refractivity contribution >= 4 is 17.6 Å². The summed E-state index contributed by atoms with van der Waals surface area (Å²) in [5, 5.41) is 16.8. The molecule has 0 fully saturated rings. The van der Waals surface area contributed by atoms with Crippen LogP contribution in [-0.2, 0) is 6.54 Å². The summed E-state index contributed by atoms with van der Waals surface area (Å²) < 4.78 is 1.45. The van der Waals surface area contributed by atoms with Crippen LogP contribution in [0.3, 0.4) is 0 Å². The Morgan fingerprint density at radius 2 is 2.29 bits per heavy atom. The third-order valence-corrected chi connectivity index (χ3v) is 2.52. The van der Waals surface area contributed by atoms with Gasteiger partial charge in [0.1, 0.15) is 0 Å². The van der Waals surface area contributed by atoms with Gasteiger partial charge in [-0.3, -0.25) is 0 Å². The molecule has 7 heteroatoms. The quantitative estimate of drug-likeness (QED) is 0.852. The molecule has 0 unspecified atom stereocenters. The first-order valence-corrected chi connectivity index (χ1v) is 5.14. The van der Waals surface area contributed by atoms with E-state index in [1.54, 1.807) is 12.3 Å². The molecular formula is C10H9ClN4O2. The van der Waals surface area contributed by atoms with Gasteiger partial charge in [-0.2, -0.15) is 0 Å². The van der Waals surface area contributed by atoms with Gasteiger partial charge in [0.15, 0.2) is 0 Å². The standard InChI is InChI=1S/C10H9ClN4O2/c11-9-2-1-7(3-8(9)10(16)17)15-5-6(4-12)13-14-15/h1-3,5H,4,12H2,(H,16,17). The average molecular weight is 253 g/mol. The fourth-order valence-electron chi connectivity index (χ4n) is 1.34. The van der Waals surface area contributed by atoms with Crippen molar-refractivity contribution < 1.29 is 9.90 Å². The smallest absolute Gasteiger partial charge is 0.337 e. The topological polar surface area (TPSA) is 94.0 Å². The summed E-state index contributed by atoms with van der Waals surface area (Å²) in [6, 6.07) is 4.59. The molecule has 2 aromatic rings. The Hall–Kier alpha value is -1.92. The number of aromatic nitrogens is 3. The van der Waals surface area contributed by atoms with E-state index in [1.807, 2.05) is 0 Å². The van der Waals surface area contributed by atoms with Gasteiger partial charge in [0.2, 0.25) is 0 Å². The van der Waals surface area contributed by atoms with Crippen LogP contribution in [0.2, 0.25) is 5.02 Å². The third-order valence-electron chi connectivity index (χ3n) is 2.19. The molecule has 6 nitrogen and oxygen atoms in total. The molecule has 0 aliphatic heterocycles. The molecule has 3 N–H and O–H groups in total. The van der Waals surface area contributed by atoms with Crippen molar-refractivity contribution in [1.82, 2.24) is 15.0 Å². The fourth-order valence-corrected chi connectivity index (χ4v) is 1.54. The second-order valence-corrected chi connectivity index (χ2v) is 3.74. The second-order valence-electron chi connectivity index (χ2n) is 3.33. The molecule has 88 valence electrons. The SMILES string of the molecule is NCc1cn(-c2ccc(Cl)c(C(=O)O)c2)nn1. The first kappa shape index (κ1) is 11.6. The molecule has 0 aliphatic rings. The summed E-state index contributed by atoms with van der Waals surface area (Å²) >= 11 is 5.77. The van der Waals surface area contributed by atoms with Crippen LogP contribution >= 0.6 is 11.6 Å². The molecular weight excluding hydrogens is 244 g/mol. The number of nitrogens with two attached hydrogens (primary N) is 1. The van der Waals surface area contributed by atoms with E-state index >= 15 is 0 Å². The number of aromatic carboxylic acids is 1. The highest BCUT2D eigenvalue weighted by molar-refractivity contribution is 6.33. The van der Waals surface area contributed by atoms with Gasteiger partial charge >= 0.3 is 5.97 Å². The zero-order valence-corrected chi connectivity index (χ0v) is 9.42. The predicted molar refractivity (Wildman–Crippen MR) is 61.2 cm³/mol. The lowest BCUT2D eigenvalue weighted by molar-refractivity contribution is 0.0697. The Morgan fingerprint density at radius 3 is 2.88 bits per heavy atom. The van der Waals surface area contributed by atoms with Crippen LogP contribution in [0.15, 0.2) is 24.4 Å². The lowest BCUT2D eigenvalue weighted by Crippen LogP contribution is -2.01. The number of rotatable bonds is 3. The van der Waals surface area contributed by atoms with Crippen molar-refractivity contribution in [2.24, 2.45) is 5.73 Å². The minimum absolute atomic E-state index is 0.0222. The summed E-state index contributed by atoms with van der Waals surface area (Å²) in [7, 11) is 0. The molecule has 0 radical (unpaired) electrons. The maximum absolute atomic E-state index is 10.9. The number of carboxylic acids is 1. The van der Waals surface area contributed by atoms with Gasteiger partial charge in [0, 0.05) is 6.54 Å². The molecule has 0 amide bonds. The van der Waals surface area contributed by atoms with Gasteiger partial charge in [-0.15, -0.1) is 5.10 Å². The highest BCUT2D eigenvalue weighted by atomic mass is 35.5. The Kier molecular flexibility index (Phi) is 3.08. The number of carboxylic acid groups (broad SMARTS) is 1.